The van der Waals surface area contributed by atoms with Crippen molar-refractivity contribution in [3.63, 3.8) is 0 Å². The molecule has 0 unspecified atom stereocenters. The van der Waals surface area contributed by atoms with Gasteiger partial charge in [0.1, 0.15) is 0 Å². The van der Waals surface area contributed by atoms with Gasteiger partial charge in [0.2, 0.25) is 0 Å². The highest BCUT2D eigenvalue weighted by Crippen LogP contribution is 2.34. The summed E-state index contributed by atoms with van der Waals surface area (Å²) in [5.74, 6) is -1.13. The van der Waals surface area contributed by atoms with E-state index in [-0.39, 0.29) is 12.3 Å². The SMILES string of the molecule is COC[C@H](CC(=O)O)c1ccc(-c2ccoc2)c(Nc2ccc(C#N)cc2)c1. The third-order valence-corrected chi connectivity index (χ3v) is 4.43. The Morgan fingerprint density at radius 1 is 1.25 bits per heavy atom. The van der Waals surface area contributed by atoms with Crippen molar-refractivity contribution < 1.29 is 19.1 Å². The average molecular weight is 376 g/mol. The number of nitrogens with zero attached hydrogens (tertiary/aromatic N) is 1. The Labute approximate surface area is 163 Å². The Morgan fingerprint density at radius 2 is 2.04 bits per heavy atom. The molecule has 0 aliphatic heterocycles. The van der Waals surface area contributed by atoms with E-state index in [1.807, 2.05) is 36.4 Å². The fourth-order valence-corrected chi connectivity index (χ4v) is 3.06. The number of anilines is 2. The maximum absolute atomic E-state index is 11.2. The van der Waals surface area contributed by atoms with Crippen molar-refractivity contribution in [3.05, 3.63) is 72.2 Å². The van der Waals surface area contributed by atoms with Crippen LogP contribution >= 0.6 is 0 Å². The molecule has 6 heteroatoms. The third kappa shape index (κ3) is 4.58. The lowest BCUT2D eigenvalue weighted by molar-refractivity contribution is -0.137. The Bertz CT molecular complexity index is 973. The molecule has 2 N–H and O–H groups in total. The summed E-state index contributed by atoms with van der Waals surface area (Å²) in [6.45, 7) is 0.313. The molecule has 1 atom stereocenters. The van der Waals surface area contributed by atoms with Crippen LogP contribution in [-0.2, 0) is 9.53 Å². The molecule has 0 saturated carbocycles. The fraction of sp³-hybridized carbons (Fsp3) is 0.182. The first kappa shape index (κ1) is 19.2. The summed E-state index contributed by atoms with van der Waals surface area (Å²) in [5.41, 5.74) is 4.92. The van der Waals surface area contributed by atoms with E-state index in [0.29, 0.717) is 12.2 Å². The van der Waals surface area contributed by atoms with Crippen LogP contribution in [0.1, 0.15) is 23.5 Å². The predicted molar refractivity (Wildman–Crippen MR) is 105 cm³/mol. The van der Waals surface area contributed by atoms with Gasteiger partial charge in [-0.3, -0.25) is 4.79 Å². The molecule has 1 heterocycles. The lowest BCUT2D eigenvalue weighted by atomic mass is 9.93. The molecule has 3 aromatic rings. The summed E-state index contributed by atoms with van der Waals surface area (Å²) < 4.78 is 10.4. The first-order valence-corrected chi connectivity index (χ1v) is 8.75. The van der Waals surface area contributed by atoms with Crippen LogP contribution in [0.2, 0.25) is 0 Å². The molecule has 2 aromatic carbocycles. The summed E-state index contributed by atoms with van der Waals surface area (Å²) in [7, 11) is 1.56. The zero-order valence-corrected chi connectivity index (χ0v) is 15.4. The van der Waals surface area contributed by atoms with Crippen LogP contribution in [0.15, 0.2) is 65.5 Å². The summed E-state index contributed by atoms with van der Waals surface area (Å²) in [5, 5.41) is 21.6. The minimum Gasteiger partial charge on any atom is -0.481 e. The maximum Gasteiger partial charge on any atom is 0.304 e. The number of ether oxygens (including phenoxy) is 1. The van der Waals surface area contributed by atoms with Crippen LogP contribution in [0.4, 0.5) is 11.4 Å². The van der Waals surface area contributed by atoms with Crippen LogP contribution in [0.5, 0.6) is 0 Å². The number of methoxy groups -OCH3 is 1. The molecular formula is C22H20N2O4. The summed E-state index contributed by atoms with van der Waals surface area (Å²) in [6, 6.07) is 16.9. The van der Waals surface area contributed by atoms with Gasteiger partial charge in [-0.05, 0) is 42.0 Å². The Hall–Kier alpha value is -3.56. The zero-order chi connectivity index (χ0) is 19.9. The molecule has 1 aromatic heterocycles. The minimum absolute atomic E-state index is 0.0186. The molecule has 0 aliphatic carbocycles. The van der Waals surface area contributed by atoms with Gasteiger partial charge < -0.3 is 19.6 Å². The largest absolute Gasteiger partial charge is 0.481 e. The number of hydrogen-bond acceptors (Lipinski definition) is 5. The highest BCUT2D eigenvalue weighted by Gasteiger charge is 2.18. The second-order valence-electron chi connectivity index (χ2n) is 6.38. The summed E-state index contributed by atoms with van der Waals surface area (Å²) >= 11 is 0. The van der Waals surface area contributed by atoms with Gasteiger partial charge in [0.05, 0.1) is 37.2 Å². The molecular weight excluding hydrogens is 356 g/mol. The van der Waals surface area contributed by atoms with E-state index < -0.39 is 5.97 Å². The van der Waals surface area contributed by atoms with Crippen molar-refractivity contribution in [2.24, 2.45) is 0 Å². The molecule has 6 nitrogen and oxygen atoms in total. The van der Waals surface area contributed by atoms with E-state index in [0.717, 1.165) is 28.1 Å². The number of nitrogens with one attached hydrogen (secondary N) is 1. The van der Waals surface area contributed by atoms with Gasteiger partial charge in [0, 0.05) is 35.5 Å². The normalized spacial score (nSPS) is 11.6. The Kier molecular flexibility index (Phi) is 6.10. The number of carboxylic acid groups (broad SMARTS) is 1. The van der Waals surface area contributed by atoms with E-state index in [4.69, 9.17) is 14.4 Å². The number of benzene rings is 2. The van der Waals surface area contributed by atoms with E-state index >= 15 is 0 Å². The Morgan fingerprint density at radius 3 is 2.64 bits per heavy atom. The molecule has 0 radical (unpaired) electrons. The molecule has 0 spiro atoms. The second-order valence-corrected chi connectivity index (χ2v) is 6.38. The first-order chi connectivity index (χ1) is 13.6. The van der Waals surface area contributed by atoms with Crippen LogP contribution in [0.3, 0.4) is 0 Å². The van der Waals surface area contributed by atoms with E-state index in [1.54, 1.807) is 31.8 Å². The number of carboxylic acids is 1. The van der Waals surface area contributed by atoms with Gasteiger partial charge in [-0.2, -0.15) is 5.26 Å². The highest BCUT2D eigenvalue weighted by atomic mass is 16.5. The number of hydrogen-bond donors (Lipinski definition) is 2. The quantitative estimate of drug-likeness (QED) is 0.588. The number of rotatable bonds is 8. The summed E-state index contributed by atoms with van der Waals surface area (Å²) in [6.07, 6.45) is 3.24. The molecule has 3 rings (SSSR count). The topological polar surface area (TPSA) is 95.5 Å². The first-order valence-electron chi connectivity index (χ1n) is 8.75. The number of aliphatic carboxylic acids is 1. The molecule has 0 bridgehead atoms. The smallest absolute Gasteiger partial charge is 0.304 e. The molecule has 142 valence electrons. The van der Waals surface area contributed by atoms with Crippen LogP contribution in [0, 0.1) is 11.3 Å². The van der Waals surface area contributed by atoms with E-state index in [2.05, 4.69) is 11.4 Å². The molecule has 0 saturated heterocycles. The van der Waals surface area contributed by atoms with Crippen LogP contribution in [0.25, 0.3) is 11.1 Å². The van der Waals surface area contributed by atoms with Crippen LogP contribution in [-0.4, -0.2) is 24.8 Å². The monoisotopic (exact) mass is 376 g/mol. The van der Waals surface area contributed by atoms with Gasteiger partial charge in [0.25, 0.3) is 0 Å². The molecule has 0 aliphatic rings. The lowest BCUT2D eigenvalue weighted by Gasteiger charge is -2.18. The van der Waals surface area contributed by atoms with Crippen molar-refractivity contribution in [1.82, 2.24) is 0 Å². The fourth-order valence-electron chi connectivity index (χ4n) is 3.06. The van der Waals surface area contributed by atoms with E-state index in [1.165, 1.54) is 0 Å². The third-order valence-electron chi connectivity index (χ3n) is 4.43. The van der Waals surface area contributed by atoms with Gasteiger partial charge in [-0.25, -0.2) is 0 Å². The van der Waals surface area contributed by atoms with E-state index in [9.17, 15) is 9.90 Å². The Balaban J connectivity index is 2.00. The minimum atomic E-state index is -0.873. The van der Waals surface area contributed by atoms with Gasteiger partial charge in [0.15, 0.2) is 0 Å². The van der Waals surface area contributed by atoms with Gasteiger partial charge in [-0.15, -0.1) is 0 Å². The highest BCUT2D eigenvalue weighted by molar-refractivity contribution is 5.81. The van der Waals surface area contributed by atoms with Crippen molar-refractivity contribution in [1.29, 1.82) is 5.26 Å². The maximum atomic E-state index is 11.2. The second kappa shape index (κ2) is 8.89. The van der Waals surface area contributed by atoms with Crippen molar-refractivity contribution in [3.8, 4) is 17.2 Å². The summed E-state index contributed by atoms with van der Waals surface area (Å²) in [4.78, 5) is 11.2. The average Bonchev–Trinajstić information content (AvgIpc) is 3.22. The molecule has 28 heavy (non-hydrogen) atoms. The number of furan rings is 1. The van der Waals surface area contributed by atoms with Crippen molar-refractivity contribution in [2.75, 3.05) is 19.0 Å². The standard InChI is InChI=1S/C22H20N2O4/c1-27-13-18(11-22(25)26)16-4-7-20(17-8-9-28-14-17)21(10-16)24-19-5-2-15(12-23)3-6-19/h2-10,14,18,24H,11,13H2,1H3,(H,25,26)/t18-/m0/s1. The molecule has 0 amide bonds. The number of nitriles is 1. The lowest BCUT2D eigenvalue weighted by Crippen LogP contribution is -2.12. The number of carbonyl (C=O) groups is 1. The van der Waals surface area contributed by atoms with Crippen molar-refractivity contribution in [2.45, 2.75) is 12.3 Å². The van der Waals surface area contributed by atoms with Gasteiger partial charge in [-0.1, -0.05) is 12.1 Å². The van der Waals surface area contributed by atoms with Crippen molar-refractivity contribution >= 4 is 17.3 Å². The zero-order valence-electron chi connectivity index (χ0n) is 15.4. The van der Waals surface area contributed by atoms with Gasteiger partial charge >= 0.3 is 5.97 Å². The predicted octanol–water partition coefficient (Wildman–Crippen LogP) is 4.77. The van der Waals surface area contributed by atoms with Crippen LogP contribution < -0.4 is 5.32 Å². The molecule has 0 fully saturated rings.